The number of hydrogen-bond donors (Lipinski definition) is 0. The molecule has 0 aliphatic carbocycles. The van der Waals surface area contributed by atoms with Crippen molar-refractivity contribution in [1.29, 1.82) is 0 Å². The predicted octanol–water partition coefficient (Wildman–Crippen LogP) is 8.44. The first kappa shape index (κ1) is 30.0. The number of unbranched alkanes of at least 4 members (excludes halogenated alkanes) is 3. The molecule has 0 saturated carbocycles. The highest BCUT2D eigenvalue weighted by molar-refractivity contribution is 5.65. The molecule has 3 rings (SSSR count). The van der Waals surface area contributed by atoms with Crippen molar-refractivity contribution in [2.75, 3.05) is 0 Å². The lowest BCUT2D eigenvalue weighted by Crippen LogP contribution is -2.42. The van der Waals surface area contributed by atoms with Gasteiger partial charge in [-0.2, -0.15) is 13.2 Å². The van der Waals surface area contributed by atoms with E-state index in [0.29, 0.717) is 5.56 Å². The van der Waals surface area contributed by atoms with Gasteiger partial charge in [0.15, 0.2) is 0 Å². The van der Waals surface area contributed by atoms with Crippen LogP contribution in [0.2, 0.25) is 0 Å². The summed E-state index contributed by atoms with van der Waals surface area (Å²) in [4.78, 5) is 17.3. The third-order valence-corrected chi connectivity index (χ3v) is 6.69. The summed E-state index contributed by atoms with van der Waals surface area (Å²) in [7, 11) is 0. The van der Waals surface area contributed by atoms with E-state index in [2.05, 4.69) is 43.0 Å². The highest BCUT2D eigenvalue weighted by Crippen LogP contribution is 2.34. The molecule has 0 radical (unpaired) electrons. The first-order chi connectivity index (χ1) is 18.5. The van der Waals surface area contributed by atoms with Gasteiger partial charge in [-0.25, -0.2) is 0 Å². The number of halogens is 3. The van der Waals surface area contributed by atoms with Crippen LogP contribution in [0, 0.1) is 11.8 Å². The molecule has 0 heterocycles. The Balaban J connectivity index is 1.68. The van der Waals surface area contributed by atoms with Crippen LogP contribution in [-0.4, -0.2) is 11.0 Å². The third kappa shape index (κ3) is 9.01. The highest BCUT2D eigenvalue weighted by Gasteiger charge is 2.34. The Morgan fingerprint density at radius 1 is 0.769 bits per heavy atom. The molecule has 6 heteroatoms. The predicted molar refractivity (Wildman–Crippen MR) is 148 cm³/mol. The van der Waals surface area contributed by atoms with Crippen LogP contribution in [0.25, 0.3) is 0 Å². The monoisotopic (exact) mass is 535 g/mol. The minimum absolute atomic E-state index is 0.251. The summed E-state index contributed by atoms with van der Waals surface area (Å²) in [6, 6.07) is 20.9. The van der Waals surface area contributed by atoms with Gasteiger partial charge in [-0.05, 0) is 79.8 Å². The number of carbonyl (C=O) groups is 1. The zero-order valence-corrected chi connectivity index (χ0v) is 23.1. The van der Waals surface area contributed by atoms with Gasteiger partial charge >= 0.3 is 12.1 Å². The van der Waals surface area contributed by atoms with Gasteiger partial charge in [0.1, 0.15) is 0 Å². The lowest BCUT2D eigenvalue weighted by Gasteiger charge is -2.37. The van der Waals surface area contributed by atoms with Crippen LogP contribution in [0.1, 0.15) is 86.8 Å². The lowest BCUT2D eigenvalue weighted by atomic mass is 9.92. The van der Waals surface area contributed by atoms with Crippen molar-refractivity contribution in [3.05, 3.63) is 106 Å². The summed E-state index contributed by atoms with van der Waals surface area (Å²) in [6.45, 7) is 7.37. The Morgan fingerprint density at radius 3 is 1.77 bits per heavy atom. The molecule has 0 amide bonds. The second-order valence-electron chi connectivity index (χ2n) is 10.2. The maximum atomic E-state index is 13.0. The number of rotatable bonds is 10. The first-order valence-corrected chi connectivity index (χ1v) is 13.3. The zero-order chi connectivity index (χ0) is 28.5. The molecule has 0 aliphatic rings. The molecule has 0 atom stereocenters. The molecular weight excluding hydrogens is 499 g/mol. The van der Waals surface area contributed by atoms with E-state index in [1.807, 2.05) is 24.3 Å². The van der Waals surface area contributed by atoms with E-state index in [9.17, 15) is 18.0 Å². The number of carbonyl (C=O) groups excluding carboxylic acids is 1. The molecule has 0 aromatic heterocycles. The third-order valence-electron chi connectivity index (χ3n) is 6.69. The van der Waals surface area contributed by atoms with Gasteiger partial charge in [0.05, 0.1) is 17.6 Å². The van der Waals surface area contributed by atoms with Gasteiger partial charge in [0.25, 0.3) is 0 Å². The van der Waals surface area contributed by atoms with Crippen molar-refractivity contribution in [2.24, 2.45) is 0 Å². The topological polar surface area (TPSA) is 29.5 Å². The molecular formula is C33H36F3NO2. The number of alkyl halides is 3. The second-order valence-corrected chi connectivity index (χ2v) is 10.2. The lowest BCUT2D eigenvalue weighted by molar-refractivity contribution is -0.222. The van der Waals surface area contributed by atoms with Crippen molar-refractivity contribution in [2.45, 2.75) is 78.1 Å². The molecule has 0 bridgehead atoms. The van der Waals surface area contributed by atoms with Crippen LogP contribution in [0.15, 0.2) is 72.8 Å². The Hall–Kier alpha value is -3.56. The van der Waals surface area contributed by atoms with Crippen LogP contribution >= 0.6 is 0 Å². The number of hydroxylamine groups is 2. The minimum atomic E-state index is -4.42. The van der Waals surface area contributed by atoms with Gasteiger partial charge in [-0.1, -0.05) is 74.4 Å². The van der Waals surface area contributed by atoms with Crippen LogP contribution in [-0.2, 0) is 34.3 Å². The average molecular weight is 536 g/mol. The summed E-state index contributed by atoms with van der Waals surface area (Å²) in [6.07, 6.45) is 1.66. The van der Waals surface area contributed by atoms with Crippen molar-refractivity contribution in [1.82, 2.24) is 5.06 Å². The van der Waals surface area contributed by atoms with E-state index in [-0.39, 0.29) is 6.54 Å². The Morgan fingerprint density at radius 2 is 1.28 bits per heavy atom. The average Bonchev–Trinajstić information content (AvgIpc) is 2.90. The Kier molecular flexibility index (Phi) is 10.4. The smallest absolute Gasteiger partial charge is 0.367 e. The van der Waals surface area contributed by atoms with Crippen molar-refractivity contribution >= 4 is 5.97 Å². The molecule has 3 aromatic rings. The van der Waals surface area contributed by atoms with E-state index >= 15 is 0 Å². The molecule has 0 aliphatic heterocycles. The minimum Gasteiger partial charge on any atom is -0.367 e. The zero-order valence-electron chi connectivity index (χ0n) is 23.1. The van der Waals surface area contributed by atoms with E-state index in [1.54, 1.807) is 13.8 Å². The molecule has 39 heavy (non-hydrogen) atoms. The van der Waals surface area contributed by atoms with Gasteiger partial charge in [0.2, 0.25) is 0 Å². The summed E-state index contributed by atoms with van der Waals surface area (Å²) >= 11 is 0. The van der Waals surface area contributed by atoms with E-state index in [1.165, 1.54) is 55.4 Å². The maximum absolute atomic E-state index is 13.0. The fourth-order valence-electron chi connectivity index (χ4n) is 4.22. The van der Waals surface area contributed by atoms with E-state index in [4.69, 9.17) is 4.84 Å². The SMILES string of the molecule is CCCCCCc1ccc(C#Cc2ccc(CN(OC(C)=O)C(C)(C)c3ccc(C(F)(F)F)cc3)cc2)cc1. The summed E-state index contributed by atoms with van der Waals surface area (Å²) in [5.41, 5.74) is 2.99. The molecule has 0 unspecified atom stereocenters. The van der Waals surface area contributed by atoms with E-state index < -0.39 is 23.2 Å². The number of benzene rings is 3. The number of hydrogen-bond acceptors (Lipinski definition) is 3. The van der Waals surface area contributed by atoms with Gasteiger partial charge < -0.3 is 4.84 Å². The molecule has 0 spiro atoms. The number of aryl methyl sites for hydroxylation is 1. The van der Waals surface area contributed by atoms with Crippen molar-refractivity contribution < 1.29 is 22.8 Å². The summed E-state index contributed by atoms with van der Waals surface area (Å²) in [5, 5.41) is 1.49. The largest absolute Gasteiger partial charge is 0.416 e. The summed E-state index contributed by atoms with van der Waals surface area (Å²) in [5.74, 6) is 5.88. The first-order valence-electron chi connectivity index (χ1n) is 13.3. The summed E-state index contributed by atoms with van der Waals surface area (Å²) < 4.78 is 39.0. The second kappa shape index (κ2) is 13.5. The van der Waals surface area contributed by atoms with Crippen LogP contribution in [0.3, 0.4) is 0 Å². The Bertz CT molecular complexity index is 1270. The van der Waals surface area contributed by atoms with Crippen molar-refractivity contribution in [3.63, 3.8) is 0 Å². The Labute approximate surface area is 230 Å². The van der Waals surface area contributed by atoms with Crippen LogP contribution < -0.4 is 0 Å². The van der Waals surface area contributed by atoms with Crippen LogP contribution in [0.5, 0.6) is 0 Å². The molecule has 3 aromatic carbocycles. The molecule has 0 N–H and O–H groups in total. The number of nitrogens with zero attached hydrogens (tertiary/aromatic N) is 1. The molecule has 0 saturated heterocycles. The van der Waals surface area contributed by atoms with E-state index in [0.717, 1.165) is 35.2 Å². The van der Waals surface area contributed by atoms with Gasteiger partial charge in [0, 0.05) is 18.1 Å². The molecule has 3 nitrogen and oxygen atoms in total. The van der Waals surface area contributed by atoms with Crippen LogP contribution in [0.4, 0.5) is 13.2 Å². The fourth-order valence-corrected chi connectivity index (χ4v) is 4.22. The molecule has 0 fully saturated rings. The van der Waals surface area contributed by atoms with Gasteiger partial charge in [-0.15, -0.1) is 5.06 Å². The standard InChI is InChI=1S/C33H36F3NO2/c1-5-6-7-8-9-26-10-12-27(13-11-26)14-15-28-16-18-29(19-17-28)24-37(39-25(2)38)32(3,4)30-20-22-31(23-21-30)33(34,35)36/h10-13,16-23H,5-9,24H2,1-4H3. The maximum Gasteiger partial charge on any atom is 0.416 e. The molecule has 206 valence electrons. The fraction of sp³-hybridized carbons (Fsp3) is 0.364. The van der Waals surface area contributed by atoms with Crippen molar-refractivity contribution in [3.8, 4) is 11.8 Å². The van der Waals surface area contributed by atoms with Gasteiger partial charge in [-0.3, -0.25) is 4.79 Å². The normalized spacial score (nSPS) is 11.7. The highest BCUT2D eigenvalue weighted by atomic mass is 19.4. The quantitative estimate of drug-likeness (QED) is 0.148.